The first-order chi connectivity index (χ1) is 11.3. The third kappa shape index (κ3) is 3.51. The van der Waals surface area contributed by atoms with Gasteiger partial charge in [-0.2, -0.15) is 0 Å². The molecule has 0 unspecified atom stereocenters. The molecular weight excluding hydrogens is 288 g/mol. The van der Waals surface area contributed by atoms with Crippen molar-refractivity contribution >= 4 is 16.7 Å². The monoisotopic (exact) mass is 306 g/mol. The molecule has 0 aliphatic heterocycles. The number of esters is 1. The van der Waals surface area contributed by atoms with Crippen LogP contribution in [-0.2, 0) is 0 Å². The number of carbonyl (C=O) groups is 1. The molecule has 0 aliphatic rings. The number of fused-ring (bicyclic) bond motifs is 1. The summed E-state index contributed by atoms with van der Waals surface area (Å²) in [6, 6.07) is 20.7. The third-order valence-corrected chi connectivity index (χ3v) is 3.50. The van der Waals surface area contributed by atoms with Gasteiger partial charge in [-0.25, -0.2) is 4.79 Å². The maximum absolute atomic E-state index is 12.4. The van der Waals surface area contributed by atoms with E-state index in [2.05, 4.69) is 0 Å². The van der Waals surface area contributed by atoms with E-state index in [1.165, 1.54) is 0 Å². The van der Waals surface area contributed by atoms with Gasteiger partial charge in [0.25, 0.3) is 0 Å². The summed E-state index contributed by atoms with van der Waals surface area (Å²) >= 11 is 0. The molecule has 3 aromatic rings. The molecule has 0 saturated heterocycles. The van der Waals surface area contributed by atoms with Gasteiger partial charge in [0.05, 0.1) is 6.61 Å². The van der Waals surface area contributed by atoms with E-state index in [0.717, 1.165) is 17.2 Å². The van der Waals surface area contributed by atoms with E-state index in [4.69, 9.17) is 9.47 Å². The fourth-order valence-electron chi connectivity index (χ4n) is 2.37. The molecule has 0 spiro atoms. The van der Waals surface area contributed by atoms with Gasteiger partial charge < -0.3 is 9.47 Å². The molecule has 0 fully saturated rings. The zero-order chi connectivity index (χ0) is 16.1. The second-order valence-electron chi connectivity index (χ2n) is 5.24. The first-order valence-corrected chi connectivity index (χ1v) is 7.71. The molecule has 0 heterocycles. The van der Waals surface area contributed by atoms with Crippen molar-refractivity contribution in [2.24, 2.45) is 0 Å². The van der Waals surface area contributed by atoms with E-state index in [9.17, 15) is 4.79 Å². The first kappa shape index (κ1) is 15.1. The summed E-state index contributed by atoms with van der Waals surface area (Å²) in [4.78, 5) is 12.4. The Morgan fingerprint density at radius 3 is 2.48 bits per heavy atom. The average molecular weight is 306 g/mol. The van der Waals surface area contributed by atoms with Crippen LogP contribution in [0.2, 0.25) is 0 Å². The number of para-hydroxylation sites is 1. The van der Waals surface area contributed by atoms with Gasteiger partial charge in [-0.05, 0) is 41.5 Å². The van der Waals surface area contributed by atoms with Crippen molar-refractivity contribution in [3.63, 3.8) is 0 Å². The van der Waals surface area contributed by atoms with E-state index in [-0.39, 0.29) is 0 Å². The molecule has 0 N–H and O–H groups in total. The third-order valence-electron chi connectivity index (χ3n) is 3.50. The van der Waals surface area contributed by atoms with Crippen molar-refractivity contribution in [1.82, 2.24) is 0 Å². The summed E-state index contributed by atoms with van der Waals surface area (Å²) < 4.78 is 11.1. The number of hydrogen-bond donors (Lipinski definition) is 0. The summed E-state index contributed by atoms with van der Waals surface area (Å²) in [7, 11) is 0. The summed E-state index contributed by atoms with van der Waals surface area (Å²) in [6.45, 7) is 2.59. The van der Waals surface area contributed by atoms with Crippen LogP contribution >= 0.6 is 0 Å². The molecular formula is C20H18O3. The molecule has 23 heavy (non-hydrogen) atoms. The Labute approximate surface area is 135 Å². The highest BCUT2D eigenvalue weighted by Crippen LogP contribution is 2.24. The molecule has 0 amide bonds. The van der Waals surface area contributed by atoms with Crippen LogP contribution in [0, 0.1) is 0 Å². The summed E-state index contributed by atoms with van der Waals surface area (Å²) in [5.74, 6) is 0.672. The molecule has 0 bridgehead atoms. The molecule has 3 nitrogen and oxygen atoms in total. The predicted molar refractivity (Wildman–Crippen MR) is 91.1 cm³/mol. The Balaban J connectivity index is 1.83. The van der Waals surface area contributed by atoms with Crippen LogP contribution < -0.4 is 9.47 Å². The first-order valence-electron chi connectivity index (χ1n) is 7.71. The van der Waals surface area contributed by atoms with Gasteiger partial charge in [-0.15, -0.1) is 0 Å². The SMILES string of the molecule is CCCOc1ccccc1C(=O)Oc1ccc2ccccc2c1. The Bertz CT molecular complexity index is 824. The lowest BCUT2D eigenvalue weighted by molar-refractivity contribution is 0.0730. The van der Waals surface area contributed by atoms with Crippen LogP contribution in [0.15, 0.2) is 66.7 Å². The van der Waals surface area contributed by atoms with E-state index in [0.29, 0.717) is 23.7 Å². The summed E-state index contributed by atoms with van der Waals surface area (Å²) in [6.07, 6.45) is 0.883. The van der Waals surface area contributed by atoms with Crippen molar-refractivity contribution in [3.05, 3.63) is 72.3 Å². The molecule has 3 heteroatoms. The molecule has 0 saturated carbocycles. The maximum atomic E-state index is 12.4. The second-order valence-corrected chi connectivity index (χ2v) is 5.24. The normalized spacial score (nSPS) is 10.5. The van der Waals surface area contributed by atoms with Crippen molar-refractivity contribution in [3.8, 4) is 11.5 Å². The highest BCUT2D eigenvalue weighted by atomic mass is 16.5. The number of ether oxygens (including phenoxy) is 2. The number of benzene rings is 3. The lowest BCUT2D eigenvalue weighted by Gasteiger charge is -2.10. The van der Waals surface area contributed by atoms with Gasteiger partial charge >= 0.3 is 5.97 Å². The zero-order valence-corrected chi connectivity index (χ0v) is 13.0. The minimum absolute atomic E-state index is 0.410. The van der Waals surface area contributed by atoms with E-state index < -0.39 is 5.97 Å². The average Bonchev–Trinajstić information content (AvgIpc) is 2.60. The highest BCUT2D eigenvalue weighted by molar-refractivity contribution is 5.94. The molecule has 116 valence electrons. The summed E-state index contributed by atoms with van der Waals surface area (Å²) in [5.41, 5.74) is 0.439. The Kier molecular flexibility index (Phi) is 4.57. The summed E-state index contributed by atoms with van der Waals surface area (Å²) in [5, 5.41) is 2.15. The van der Waals surface area contributed by atoms with E-state index in [1.54, 1.807) is 24.3 Å². The molecule has 0 radical (unpaired) electrons. The van der Waals surface area contributed by atoms with Crippen LogP contribution in [0.25, 0.3) is 10.8 Å². The Morgan fingerprint density at radius 1 is 0.913 bits per heavy atom. The van der Waals surface area contributed by atoms with Crippen LogP contribution in [0.5, 0.6) is 11.5 Å². The standard InChI is InChI=1S/C20H18O3/c1-2-13-22-19-10-6-5-9-18(19)20(21)23-17-12-11-15-7-3-4-8-16(15)14-17/h3-12,14H,2,13H2,1H3. The zero-order valence-electron chi connectivity index (χ0n) is 13.0. The van der Waals surface area contributed by atoms with Crippen LogP contribution in [0.3, 0.4) is 0 Å². The fourth-order valence-corrected chi connectivity index (χ4v) is 2.37. The second kappa shape index (κ2) is 6.97. The predicted octanol–water partition coefficient (Wildman–Crippen LogP) is 4.85. The lowest BCUT2D eigenvalue weighted by atomic mass is 10.1. The minimum atomic E-state index is -0.410. The quantitative estimate of drug-likeness (QED) is 0.499. The van der Waals surface area contributed by atoms with Crippen molar-refractivity contribution in [1.29, 1.82) is 0 Å². The molecule has 3 aromatic carbocycles. The van der Waals surface area contributed by atoms with Crippen molar-refractivity contribution in [2.75, 3.05) is 6.61 Å². The van der Waals surface area contributed by atoms with E-state index in [1.807, 2.05) is 49.4 Å². The number of carbonyl (C=O) groups excluding carboxylic acids is 1. The van der Waals surface area contributed by atoms with Gasteiger partial charge in [-0.1, -0.05) is 49.4 Å². The van der Waals surface area contributed by atoms with Gasteiger partial charge in [-0.3, -0.25) is 0 Å². The number of rotatable bonds is 5. The Morgan fingerprint density at radius 2 is 1.65 bits per heavy atom. The van der Waals surface area contributed by atoms with E-state index >= 15 is 0 Å². The minimum Gasteiger partial charge on any atom is -0.493 e. The maximum Gasteiger partial charge on any atom is 0.347 e. The van der Waals surface area contributed by atoms with Gasteiger partial charge in [0, 0.05) is 0 Å². The van der Waals surface area contributed by atoms with Crippen LogP contribution in [0.1, 0.15) is 23.7 Å². The van der Waals surface area contributed by atoms with Crippen molar-refractivity contribution < 1.29 is 14.3 Å². The topological polar surface area (TPSA) is 35.5 Å². The molecule has 0 aliphatic carbocycles. The van der Waals surface area contributed by atoms with Crippen LogP contribution in [-0.4, -0.2) is 12.6 Å². The molecule has 0 atom stereocenters. The van der Waals surface area contributed by atoms with Crippen molar-refractivity contribution in [2.45, 2.75) is 13.3 Å². The smallest absolute Gasteiger partial charge is 0.347 e. The molecule has 3 rings (SSSR count). The van der Waals surface area contributed by atoms with Crippen LogP contribution in [0.4, 0.5) is 0 Å². The Hall–Kier alpha value is -2.81. The van der Waals surface area contributed by atoms with Gasteiger partial charge in [0.2, 0.25) is 0 Å². The number of hydrogen-bond acceptors (Lipinski definition) is 3. The van der Waals surface area contributed by atoms with Gasteiger partial charge in [0.15, 0.2) is 0 Å². The van der Waals surface area contributed by atoms with Gasteiger partial charge in [0.1, 0.15) is 17.1 Å². The largest absolute Gasteiger partial charge is 0.493 e. The molecule has 0 aromatic heterocycles. The lowest BCUT2D eigenvalue weighted by Crippen LogP contribution is -2.11. The fraction of sp³-hybridized carbons (Fsp3) is 0.150. The highest BCUT2D eigenvalue weighted by Gasteiger charge is 2.14.